The highest BCUT2D eigenvalue weighted by atomic mass is 35.5. The van der Waals surface area contributed by atoms with Gasteiger partial charge in [-0.05, 0) is 19.9 Å². The lowest BCUT2D eigenvalue weighted by Gasteiger charge is -2.17. The van der Waals surface area contributed by atoms with Crippen molar-refractivity contribution in [2.75, 3.05) is 32.0 Å². The van der Waals surface area contributed by atoms with Gasteiger partial charge in [0.1, 0.15) is 21.1 Å². The number of aromatic nitrogens is 3. The number of aryl methyl sites for hydroxylation is 1. The fraction of sp³-hybridized carbons (Fsp3) is 0.333. The van der Waals surface area contributed by atoms with Crippen molar-refractivity contribution in [3.8, 4) is 11.8 Å². The molecule has 9 nitrogen and oxygen atoms in total. The number of anilines is 2. The van der Waals surface area contributed by atoms with Gasteiger partial charge < -0.3 is 24.8 Å². The van der Waals surface area contributed by atoms with E-state index >= 15 is 0 Å². The average Bonchev–Trinajstić information content (AvgIpc) is 3.07. The molecule has 1 atom stereocenters. The number of urea groups is 1. The summed E-state index contributed by atoms with van der Waals surface area (Å²) in [6, 6.07) is 0.972. The summed E-state index contributed by atoms with van der Waals surface area (Å²) in [5.74, 6) is 0.356. The van der Waals surface area contributed by atoms with E-state index in [0.717, 1.165) is 15.4 Å². The Labute approximate surface area is 176 Å². The number of methoxy groups -OCH3 is 3. The van der Waals surface area contributed by atoms with Crippen LogP contribution >= 0.6 is 22.9 Å². The Morgan fingerprint density at radius 3 is 2.48 bits per heavy atom. The molecule has 1 unspecified atom stereocenters. The van der Waals surface area contributed by atoms with Crippen molar-refractivity contribution in [1.29, 1.82) is 0 Å². The van der Waals surface area contributed by atoms with Crippen LogP contribution in [0.25, 0.3) is 10.3 Å². The van der Waals surface area contributed by atoms with E-state index in [9.17, 15) is 4.79 Å². The lowest BCUT2D eigenvalue weighted by atomic mass is 10.1. The molecule has 0 saturated heterocycles. The molecular formula is C18H20ClN5O4S. The number of carbonyl (C=O) groups is 1. The van der Waals surface area contributed by atoms with Gasteiger partial charge in [-0.3, -0.25) is 0 Å². The first-order valence-electron chi connectivity index (χ1n) is 8.53. The lowest BCUT2D eigenvalue weighted by molar-refractivity contribution is 0.121. The number of hydrogen-bond donors (Lipinski definition) is 2. The number of rotatable bonds is 6. The van der Waals surface area contributed by atoms with Gasteiger partial charge in [-0.1, -0.05) is 22.9 Å². The van der Waals surface area contributed by atoms with Crippen LogP contribution in [0, 0.1) is 6.92 Å². The lowest BCUT2D eigenvalue weighted by Crippen LogP contribution is -2.21. The summed E-state index contributed by atoms with van der Waals surface area (Å²) < 4.78 is 15.7. The van der Waals surface area contributed by atoms with Gasteiger partial charge in [0.05, 0.1) is 37.2 Å². The van der Waals surface area contributed by atoms with Crippen molar-refractivity contribution in [1.82, 2.24) is 15.0 Å². The number of hydrogen-bond acceptors (Lipinski definition) is 8. The summed E-state index contributed by atoms with van der Waals surface area (Å²) in [7, 11) is 4.46. The zero-order valence-corrected chi connectivity index (χ0v) is 18.1. The van der Waals surface area contributed by atoms with E-state index in [1.165, 1.54) is 31.6 Å². The highest BCUT2D eigenvalue weighted by Gasteiger charge is 2.21. The molecule has 0 spiro atoms. The maximum absolute atomic E-state index is 12.7. The van der Waals surface area contributed by atoms with Crippen LogP contribution in [-0.4, -0.2) is 42.3 Å². The molecule has 0 bridgehead atoms. The number of amides is 2. The molecule has 0 fully saturated rings. The van der Waals surface area contributed by atoms with Gasteiger partial charge in [0.25, 0.3) is 0 Å². The minimum absolute atomic E-state index is 0.163. The average molecular weight is 438 g/mol. The summed E-state index contributed by atoms with van der Waals surface area (Å²) in [6.45, 7) is 3.78. The van der Waals surface area contributed by atoms with E-state index in [1.54, 1.807) is 13.3 Å². The zero-order valence-electron chi connectivity index (χ0n) is 16.5. The predicted molar refractivity (Wildman–Crippen MR) is 113 cm³/mol. The smallest absolute Gasteiger partial charge is 0.323 e. The molecule has 3 aromatic heterocycles. The number of thiazole rings is 1. The Kier molecular flexibility index (Phi) is 6.36. The predicted octanol–water partition coefficient (Wildman–Crippen LogP) is 4.42. The minimum Gasteiger partial charge on any atom is -0.480 e. The Balaban J connectivity index is 1.91. The van der Waals surface area contributed by atoms with E-state index in [1.807, 2.05) is 13.8 Å². The molecule has 3 heterocycles. The Bertz CT molecular complexity index is 1060. The van der Waals surface area contributed by atoms with Gasteiger partial charge in [-0.25, -0.2) is 14.8 Å². The minimum atomic E-state index is -0.524. The van der Waals surface area contributed by atoms with E-state index in [0.29, 0.717) is 11.2 Å². The monoisotopic (exact) mass is 437 g/mol. The van der Waals surface area contributed by atoms with Crippen LogP contribution in [0.5, 0.6) is 11.8 Å². The van der Waals surface area contributed by atoms with Gasteiger partial charge in [-0.15, -0.1) is 0 Å². The normalized spacial score (nSPS) is 11.9. The fourth-order valence-electron chi connectivity index (χ4n) is 2.75. The molecule has 0 radical (unpaired) electrons. The molecule has 0 aliphatic heterocycles. The van der Waals surface area contributed by atoms with E-state index in [-0.39, 0.29) is 28.6 Å². The van der Waals surface area contributed by atoms with Crippen molar-refractivity contribution in [2.45, 2.75) is 20.0 Å². The van der Waals surface area contributed by atoms with Gasteiger partial charge in [-0.2, -0.15) is 4.98 Å². The number of carbonyl (C=O) groups excluding carboxylic acids is 1. The molecule has 154 valence electrons. The van der Waals surface area contributed by atoms with Crippen LogP contribution in [0.3, 0.4) is 0 Å². The van der Waals surface area contributed by atoms with Crippen LogP contribution in [-0.2, 0) is 4.74 Å². The molecule has 3 rings (SSSR count). The SMILES string of the molecule is COc1nc(OC)c(NC(=O)Nc2cnc3sc(C)nc3c2C(C)OC)cc1Cl. The van der Waals surface area contributed by atoms with Gasteiger partial charge in [0, 0.05) is 12.7 Å². The quantitative estimate of drug-likeness (QED) is 0.587. The second-order valence-electron chi connectivity index (χ2n) is 5.97. The molecule has 0 aliphatic rings. The number of ether oxygens (including phenoxy) is 3. The summed E-state index contributed by atoms with van der Waals surface area (Å²) >= 11 is 7.58. The largest absolute Gasteiger partial charge is 0.480 e. The van der Waals surface area contributed by atoms with Crippen LogP contribution in [0.1, 0.15) is 23.6 Å². The molecule has 11 heteroatoms. The van der Waals surface area contributed by atoms with Crippen molar-refractivity contribution in [3.63, 3.8) is 0 Å². The van der Waals surface area contributed by atoms with Gasteiger partial charge in [0.2, 0.25) is 11.8 Å². The third-order valence-corrected chi connectivity index (χ3v) is 5.27. The van der Waals surface area contributed by atoms with Crippen molar-refractivity contribution in [3.05, 3.63) is 27.9 Å². The molecular weight excluding hydrogens is 418 g/mol. The second-order valence-corrected chi connectivity index (χ2v) is 7.55. The molecule has 3 aromatic rings. The zero-order chi connectivity index (χ0) is 21.1. The maximum Gasteiger partial charge on any atom is 0.323 e. The van der Waals surface area contributed by atoms with Crippen LogP contribution in [0.15, 0.2) is 12.3 Å². The van der Waals surface area contributed by atoms with Crippen molar-refractivity contribution in [2.24, 2.45) is 0 Å². The topological polar surface area (TPSA) is 107 Å². The first-order valence-corrected chi connectivity index (χ1v) is 9.72. The fourth-order valence-corrected chi connectivity index (χ4v) is 3.75. The third kappa shape index (κ3) is 4.34. The van der Waals surface area contributed by atoms with E-state index < -0.39 is 6.03 Å². The highest BCUT2D eigenvalue weighted by molar-refractivity contribution is 7.18. The first kappa shape index (κ1) is 21.0. The number of nitrogens with zero attached hydrogens (tertiary/aromatic N) is 3. The number of fused-ring (bicyclic) bond motifs is 1. The highest BCUT2D eigenvalue weighted by Crippen LogP contribution is 2.35. The molecule has 2 amide bonds. The van der Waals surface area contributed by atoms with Crippen LogP contribution < -0.4 is 20.1 Å². The summed E-state index contributed by atoms with van der Waals surface area (Å²) in [6.07, 6.45) is 1.28. The molecule has 0 saturated carbocycles. The van der Waals surface area contributed by atoms with Gasteiger partial charge in [0.15, 0.2) is 0 Å². The van der Waals surface area contributed by atoms with E-state index in [4.69, 9.17) is 25.8 Å². The molecule has 0 aromatic carbocycles. The van der Waals surface area contributed by atoms with Crippen molar-refractivity contribution < 1.29 is 19.0 Å². The second kappa shape index (κ2) is 8.76. The van der Waals surface area contributed by atoms with Gasteiger partial charge >= 0.3 is 6.03 Å². The summed E-state index contributed by atoms with van der Waals surface area (Å²) in [5, 5.41) is 6.58. The van der Waals surface area contributed by atoms with E-state index in [2.05, 4.69) is 25.6 Å². The van der Waals surface area contributed by atoms with Crippen molar-refractivity contribution >= 4 is 50.7 Å². The number of pyridine rings is 2. The number of nitrogens with one attached hydrogen (secondary N) is 2. The maximum atomic E-state index is 12.7. The Hall–Kier alpha value is -2.69. The van der Waals surface area contributed by atoms with Crippen LogP contribution in [0.4, 0.5) is 16.2 Å². The van der Waals surface area contributed by atoms with Crippen LogP contribution in [0.2, 0.25) is 5.02 Å². The molecule has 0 aliphatic carbocycles. The molecule has 2 N–H and O–H groups in total. The third-order valence-electron chi connectivity index (χ3n) is 4.12. The summed E-state index contributed by atoms with van der Waals surface area (Å²) in [5.41, 5.74) is 2.22. The standard InChI is InChI=1S/C18H20ClN5O4S/c1-8(26-3)13-12(7-20-17-14(13)21-9(2)29-17)23-18(25)22-11-6-10(19)15(27-4)24-16(11)28-5/h6-8H,1-5H3,(H2,22,23,25). The Morgan fingerprint density at radius 2 is 1.83 bits per heavy atom. The molecule has 29 heavy (non-hydrogen) atoms. The Morgan fingerprint density at radius 1 is 1.14 bits per heavy atom. The first-order chi connectivity index (χ1) is 13.9. The summed E-state index contributed by atoms with van der Waals surface area (Å²) in [4.78, 5) is 26.5. The number of halogens is 1.